The van der Waals surface area contributed by atoms with Crippen LogP contribution in [-0.4, -0.2) is 7.11 Å². The first kappa shape index (κ1) is 9.53. The second-order valence-corrected chi connectivity index (χ2v) is 3.96. The molecule has 0 saturated heterocycles. The molecule has 76 valence electrons. The number of ether oxygens (including phenoxy) is 1. The number of fused-ring (bicyclic) bond motifs is 1. The Morgan fingerprint density at radius 3 is 2.79 bits per heavy atom. The fourth-order valence-electron chi connectivity index (χ4n) is 2.35. The molecule has 0 aromatic heterocycles. The van der Waals surface area contributed by atoms with Gasteiger partial charge in [-0.05, 0) is 43.4 Å². The molecule has 0 bridgehead atoms. The lowest BCUT2D eigenvalue weighted by atomic mass is 9.97. The average Bonchev–Trinajstić information content (AvgIpc) is 2.62. The Morgan fingerprint density at radius 2 is 2.14 bits per heavy atom. The Morgan fingerprint density at radius 1 is 1.36 bits per heavy atom. The van der Waals surface area contributed by atoms with Gasteiger partial charge < -0.3 is 10.5 Å². The minimum Gasteiger partial charge on any atom is -0.496 e. The molecule has 0 amide bonds. The minimum atomic E-state index is 0.0676. The van der Waals surface area contributed by atoms with E-state index in [0.717, 1.165) is 12.2 Å². The summed E-state index contributed by atoms with van der Waals surface area (Å²) in [6.45, 7) is 2.02. The van der Waals surface area contributed by atoms with Crippen LogP contribution in [0.25, 0.3) is 0 Å². The van der Waals surface area contributed by atoms with Crippen molar-refractivity contribution in [3.63, 3.8) is 0 Å². The molecule has 2 heteroatoms. The number of nitrogens with two attached hydrogens (primary N) is 1. The van der Waals surface area contributed by atoms with Crippen molar-refractivity contribution in [1.29, 1.82) is 0 Å². The summed E-state index contributed by atoms with van der Waals surface area (Å²) in [5, 5.41) is 0. The fourth-order valence-corrected chi connectivity index (χ4v) is 2.35. The molecule has 0 radical (unpaired) electrons. The van der Waals surface area contributed by atoms with Crippen LogP contribution in [0, 0.1) is 0 Å². The van der Waals surface area contributed by atoms with E-state index in [2.05, 4.69) is 6.07 Å². The van der Waals surface area contributed by atoms with Gasteiger partial charge >= 0.3 is 0 Å². The van der Waals surface area contributed by atoms with E-state index in [1.807, 2.05) is 13.0 Å². The van der Waals surface area contributed by atoms with Crippen LogP contribution < -0.4 is 10.5 Å². The summed E-state index contributed by atoms with van der Waals surface area (Å²) >= 11 is 0. The van der Waals surface area contributed by atoms with Gasteiger partial charge in [0, 0.05) is 11.6 Å². The molecule has 0 aliphatic heterocycles. The van der Waals surface area contributed by atoms with E-state index in [-0.39, 0.29) is 6.04 Å². The van der Waals surface area contributed by atoms with Gasteiger partial charge in [0.1, 0.15) is 5.75 Å². The molecule has 0 fully saturated rings. The molecule has 2 N–H and O–H groups in total. The smallest absolute Gasteiger partial charge is 0.123 e. The van der Waals surface area contributed by atoms with Crippen molar-refractivity contribution in [2.45, 2.75) is 32.2 Å². The monoisotopic (exact) mass is 191 g/mol. The van der Waals surface area contributed by atoms with Crippen LogP contribution in [0.4, 0.5) is 0 Å². The second kappa shape index (κ2) is 3.62. The van der Waals surface area contributed by atoms with Crippen LogP contribution in [-0.2, 0) is 12.8 Å². The van der Waals surface area contributed by atoms with Gasteiger partial charge in [-0.15, -0.1) is 0 Å². The first-order valence-electron chi connectivity index (χ1n) is 5.18. The molecular weight excluding hydrogens is 174 g/mol. The fraction of sp³-hybridized carbons (Fsp3) is 0.500. The van der Waals surface area contributed by atoms with Gasteiger partial charge in [0.05, 0.1) is 7.11 Å². The number of hydrogen-bond donors (Lipinski definition) is 1. The third-order valence-electron chi connectivity index (χ3n) is 2.96. The molecule has 1 aromatic carbocycles. The quantitative estimate of drug-likeness (QED) is 0.777. The zero-order valence-electron chi connectivity index (χ0n) is 8.84. The third kappa shape index (κ3) is 1.40. The summed E-state index contributed by atoms with van der Waals surface area (Å²) in [5.41, 5.74) is 10.1. The van der Waals surface area contributed by atoms with E-state index >= 15 is 0 Å². The summed E-state index contributed by atoms with van der Waals surface area (Å²) in [6.07, 6.45) is 3.60. The lowest BCUT2D eigenvalue weighted by Crippen LogP contribution is -2.10. The van der Waals surface area contributed by atoms with Crippen molar-refractivity contribution in [2.24, 2.45) is 5.73 Å². The van der Waals surface area contributed by atoms with Gasteiger partial charge in [0.25, 0.3) is 0 Å². The van der Waals surface area contributed by atoms with E-state index in [1.54, 1.807) is 7.11 Å². The van der Waals surface area contributed by atoms with Crippen molar-refractivity contribution in [1.82, 2.24) is 0 Å². The van der Waals surface area contributed by atoms with Crippen molar-refractivity contribution in [3.05, 3.63) is 28.8 Å². The number of rotatable bonds is 2. The van der Waals surface area contributed by atoms with Crippen molar-refractivity contribution in [3.8, 4) is 5.75 Å². The molecule has 1 unspecified atom stereocenters. The van der Waals surface area contributed by atoms with Crippen molar-refractivity contribution in [2.75, 3.05) is 7.11 Å². The predicted molar refractivity (Wildman–Crippen MR) is 57.6 cm³/mol. The number of hydrogen-bond acceptors (Lipinski definition) is 2. The maximum atomic E-state index is 5.98. The minimum absolute atomic E-state index is 0.0676. The summed E-state index contributed by atoms with van der Waals surface area (Å²) in [5.74, 6) is 0.945. The standard InChI is InChI=1S/C12H17NO/c1-8(13)12-10-5-3-4-9(10)6-7-11(12)14-2/h6-8H,3-5,13H2,1-2H3. The molecule has 1 aliphatic rings. The van der Waals surface area contributed by atoms with Gasteiger partial charge in [0.2, 0.25) is 0 Å². The maximum absolute atomic E-state index is 5.98. The Balaban J connectivity index is 2.56. The van der Waals surface area contributed by atoms with Crippen LogP contribution in [0.5, 0.6) is 5.75 Å². The first-order chi connectivity index (χ1) is 6.74. The predicted octanol–water partition coefficient (Wildman–Crippen LogP) is 2.20. The van der Waals surface area contributed by atoms with Crippen LogP contribution in [0.1, 0.15) is 36.1 Å². The van der Waals surface area contributed by atoms with Gasteiger partial charge in [-0.3, -0.25) is 0 Å². The molecule has 2 nitrogen and oxygen atoms in total. The number of benzene rings is 1. The number of aryl methyl sites for hydroxylation is 1. The highest BCUT2D eigenvalue weighted by Crippen LogP contribution is 2.34. The van der Waals surface area contributed by atoms with E-state index in [4.69, 9.17) is 10.5 Å². The highest BCUT2D eigenvalue weighted by atomic mass is 16.5. The summed E-state index contributed by atoms with van der Waals surface area (Å²) < 4.78 is 5.35. The largest absolute Gasteiger partial charge is 0.496 e. The lowest BCUT2D eigenvalue weighted by Gasteiger charge is -2.16. The molecule has 14 heavy (non-hydrogen) atoms. The van der Waals surface area contributed by atoms with E-state index in [9.17, 15) is 0 Å². The highest BCUT2D eigenvalue weighted by molar-refractivity contribution is 5.48. The zero-order chi connectivity index (χ0) is 10.1. The highest BCUT2D eigenvalue weighted by Gasteiger charge is 2.20. The lowest BCUT2D eigenvalue weighted by molar-refractivity contribution is 0.406. The summed E-state index contributed by atoms with van der Waals surface area (Å²) in [6, 6.07) is 4.29. The molecule has 1 atom stereocenters. The Kier molecular flexibility index (Phi) is 2.46. The van der Waals surface area contributed by atoms with E-state index < -0.39 is 0 Å². The number of methoxy groups -OCH3 is 1. The topological polar surface area (TPSA) is 35.2 Å². The van der Waals surface area contributed by atoms with E-state index in [0.29, 0.717) is 0 Å². The molecule has 0 heterocycles. The molecule has 0 spiro atoms. The molecule has 1 aliphatic carbocycles. The van der Waals surface area contributed by atoms with Crippen molar-refractivity contribution < 1.29 is 4.74 Å². The zero-order valence-corrected chi connectivity index (χ0v) is 8.84. The Hall–Kier alpha value is -1.02. The van der Waals surface area contributed by atoms with Crippen LogP contribution in [0.2, 0.25) is 0 Å². The Bertz CT molecular complexity index is 344. The Labute approximate surface area is 85.1 Å². The molecule has 1 aromatic rings. The molecule has 0 saturated carbocycles. The van der Waals surface area contributed by atoms with Gasteiger partial charge in [-0.25, -0.2) is 0 Å². The third-order valence-corrected chi connectivity index (χ3v) is 2.96. The first-order valence-corrected chi connectivity index (χ1v) is 5.18. The second-order valence-electron chi connectivity index (χ2n) is 3.96. The van der Waals surface area contributed by atoms with Crippen LogP contribution in [0.3, 0.4) is 0 Å². The average molecular weight is 191 g/mol. The van der Waals surface area contributed by atoms with E-state index in [1.165, 1.54) is 29.5 Å². The van der Waals surface area contributed by atoms with Crippen LogP contribution >= 0.6 is 0 Å². The summed E-state index contributed by atoms with van der Waals surface area (Å²) in [7, 11) is 1.71. The maximum Gasteiger partial charge on any atom is 0.123 e. The van der Waals surface area contributed by atoms with Gasteiger partial charge in [0.15, 0.2) is 0 Å². The SMILES string of the molecule is COc1ccc2c(c1C(C)N)CCC2. The van der Waals surface area contributed by atoms with Crippen LogP contribution in [0.15, 0.2) is 12.1 Å². The molecule has 2 rings (SSSR count). The van der Waals surface area contributed by atoms with Gasteiger partial charge in [-0.2, -0.15) is 0 Å². The normalized spacial score (nSPS) is 16.5. The summed E-state index contributed by atoms with van der Waals surface area (Å²) in [4.78, 5) is 0. The van der Waals surface area contributed by atoms with Crippen molar-refractivity contribution >= 4 is 0 Å². The van der Waals surface area contributed by atoms with Gasteiger partial charge in [-0.1, -0.05) is 6.07 Å². The molecular formula is C12H17NO.